The van der Waals surface area contributed by atoms with Gasteiger partial charge in [-0.25, -0.2) is 0 Å². The van der Waals surface area contributed by atoms with E-state index in [2.05, 4.69) is 41.4 Å². The van der Waals surface area contributed by atoms with Crippen LogP contribution in [0.3, 0.4) is 0 Å². The van der Waals surface area contributed by atoms with E-state index in [1.807, 2.05) is 23.7 Å². The summed E-state index contributed by atoms with van der Waals surface area (Å²) < 4.78 is 7.71. The van der Waals surface area contributed by atoms with E-state index < -0.39 is 0 Å². The first-order valence-electron chi connectivity index (χ1n) is 8.44. The third-order valence-electron chi connectivity index (χ3n) is 3.95. The fraction of sp³-hybridized carbons (Fsp3) is 0.250. The minimum absolute atomic E-state index is 0.621. The van der Waals surface area contributed by atoms with Crippen LogP contribution >= 0.6 is 11.8 Å². The second kappa shape index (κ2) is 8.67. The Morgan fingerprint density at radius 3 is 2.50 bits per heavy atom. The number of carbonyl (C=O) groups excluding carboxylic acids is 1. The fourth-order valence-corrected chi connectivity index (χ4v) is 3.27. The maximum absolute atomic E-state index is 10.6. The number of hydrogen-bond donors (Lipinski definition) is 0. The summed E-state index contributed by atoms with van der Waals surface area (Å²) in [5.41, 5.74) is 2.95. The molecule has 3 aromatic rings. The van der Waals surface area contributed by atoms with Gasteiger partial charge in [-0.2, -0.15) is 0 Å². The van der Waals surface area contributed by atoms with Gasteiger partial charge in [0.1, 0.15) is 12.0 Å². The Morgan fingerprint density at radius 1 is 1.08 bits per heavy atom. The minimum Gasteiger partial charge on any atom is -0.494 e. The Labute approximate surface area is 157 Å². The van der Waals surface area contributed by atoms with Gasteiger partial charge in [0.05, 0.1) is 6.61 Å². The standard InChI is InChI=1S/C20H21N3O2S/c1-15-4-8-17(9-5-15)19-21-22-20(23(19)2)26-13-3-12-25-18-10-6-16(14-24)7-11-18/h4-11,14H,3,12-13H2,1-2H3. The molecule has 0 aliphatic carbocycles. The van der Waals surface area contributed by atoms with Gasteiger partial charge in [-0.15, -0.1) is 10.2 Å². The summed E-state index contributed by atoms with van der Waals surface area (Å²) >= 11 is 1.67. The topological polar surface area (TPSA) is 57.0 Å². The molecule has 3 rings (SSSR count). The average molecular weight is 367 g/mol. The molecule has 0 radical (unpaired) electrons. The van der Waals surface area contributed by atoms with Crippen LogP contribution in [0.25, 0.3) is 11.4 Å². The van der Waals surface area contributed by atoms with Crippen molar-refractivity contribution in [3.05, 3.63) is 59.7 Å². The number of aromatic nitrogens is 3. The third-order valence-corrected chi connectivity index (χ3v) is 5.06. The lowest BCUT2D eigenvalue weighted by Gasteiger charge is -2.06. The van der Waals surface area contributed by atoms with E-state index in [0.717, 1.165) is 40.8 Å². The van der Waals surface area contributed by atoms with Gasteiger partial charge in [0, 0.05) is 23.9 Å². The van der Waals surface area contributed by atoms with Crippen LogP contribution in [0.5, 0.6) is 5.75 Å². The van der Waals surface area contributed by atoms with Crippen molar-refractivity contribution >= 4 is 18.0 Å². The summed E-state index contributed by atoms with van der Waals surface area (Å²) in [6.45, 7) is 2.69. The zero-order valence-corrected chi connectivity index (χ0v) is 15.7. The molecule has 6 heteroatoms. The molecule has 0 saturated heterocycles. The van der Waals surface area contributed by atoms with Crippen LogP contribution in [0.1, 0.15) is 22.3 Å². The summed E-state index contributed by atoms with van der Waals surface area (Å²) in [5.74, 6) is 2.55. The number of aldehydes is 1. The molecule has 2 aromatic carbocycles. The van der Waals surface area contributed by atoms with Crippen LogP contribution in [-0.4, -0.2) is 33.4 Å². The monoisotopic (exact) mass is 367 g/mol. The van der Waals surface area contributed by atoms with Crippen LogP contribution in [0.2, 0.25) is 0 Å². The van der Waals surface area contributed by atoms with Crippen LogP contribution in [0, 0.1) is 6.92 Å². The molecule has 0 atom stereocenters. The molecule has 0 saturated carbocycles. The van der Waals surface area contributed by atoms with Crippen LogP contribution in [-0.2, 0) is 7.05 Å². The van der Waals surface area contributed by atoms with E-state index in [9.17, 15) is 4.79 Å². The summed E-state index contributed by atoms with van der Waals surface area (Å²) in [4.78, 5) is 10.6. The molecule has 1 heterocycles. The Morgan fingerprint density at radius 2 is 1.81 bits per heavy atom. The lowest BCUT2D eigenvalue weighted by molar-refractivity contribution is 0.112. The van der Waals surface area contributed by atoms with E-state index in [4.69, 9.17) is 4.74 Å². The van der Waals surface area contributed by atoms with Gasteiger partial charge < -0.3 is 9.30 Å². The number of hydrogen-bond acceptors (Lipinski definition) is 5. The highest BCUT2D eigenvalue weighted by Gasteiger charge is 2.10. The van der Waals surface area contributed by atoms with Crippen LogP contribution < -0.4 is 4.74 Å². The second-order valence-corrected chi connectivity index (χ2v) is 7.03. The summed E-state index contributed by atoms with van der Waals surface area (Å²) in [6, 6.07) is 15.4. The SMILES string of the molecule is Cc1ccc(-c2nnc(SCCCOc3ccc(C=O)cc3)n2C)cc1. The van der Waals surface area contributed by atoms with Gasteiger partial charge in [0.15, 0.2) is 11.0 Å². The maximum atomic E-state index is 10.6. The van der Waals surface area contributed by atoms with Gasteiger partial charge in [-0.05, 0) is 37.6 Å². The van der Waals surface area contributed by atoms with Crippen molar-refractivity contribution in [2.45, 2.75) is 18.5 Å². The quantitative estimate of drug-likeness (QED) is 0.340. The predicted molar refractivity (Wildman–Crippen MR) is 104 cm³/mol. The molecule has 134 valence electrons. The highest BCUT2D eigenvalue weighted by molar-refractivity contribution is 7.99. The fourth-order valence-electron chi connectivity index (χ4n) is 2.45. The zero-order chi connectivity index (χ0) is 18.4. The largest absolute Gasteiger partial charge is 0.494 e. The van der Waals surface area contributed by atoms with E-state index in [-0.39, 0.29) is 0 Å². The molecule has 0 unspecified atom stereocenters. The summed E-state index contributed by atoms with van der Waals surface area (Å²) in [7, 11) is 1.99. The van der Waals surface area contributed by atoms with Gasteiger partial charge in [0.25, 0.3) is 0 Å². The maximum Gasteiger partial charge on any atom is 0.191 e. The highest BCUT2D eigenvalue weighted by Crippen LogP contribution is 2.23. The molecule has 0 N–H and O–H groups in total. The van der Waals surface area contributed by atoms with Crippen molar-refractivity contribution in [2.75, 3.05) is 12.4 Å². The van der Waals surface area contributed by atoms with Crippen molar-refractivity contribution in [3.63, 3.8) is 0 Å². The van der Waals surface area contributed by atoms with Gasteiger partial charge in [0.2, 0.25) is 0 Å². The number of nitrogens with zero attached hydrogens (tertiary/aromatic N) is 3. The van der Waals surface area contributed by atoms with Crippen molar-refractivity contribution in [1.82, 2.24) is 14.8 Å². The number of rotatable bonds is 8. The number of ether oxygens (including phenoxy) is 1. The predicted octanol–water partition coefficient (Wildman–Crippen LogP) is 4.16. The number of aryl methyl sites for hydroxylation is 1. The number of benzene rings is 2. The normalized spacial score (nSPS) is 10.7. The van der Waals surface area contributed by atoms with Crippen molar-refractivity contribution < 1.29 is 9.53 Å². The van der Waals surface area contributed by atoms with Gasteiger partial charge in [-0.1, -0.05) is 41.6 Å². The molecule has 0 spiro atoms. The lowest BCUT2D eigenvalue weighted by atomic mass is 10.1. The molecule has 26 heavy (non-hydrogen) atoms. The van der Waals surface area contributed by atoms with Crippen molar-refractivity contribution in [3.8, 4) is 17.1 Å². The molecular weight excluding hydrogens is 346 g/mol. The summed E-state index contributed by atoms with van der Waals surface area (Å²) in [5, 5.41) is 9.50. The van der Waals surface area contributed by atoms with E-state index in [1.165, 1.54) is 5.56 Å². The molecule has 0 aliphatic rings. The Bertz CT molecular complexity index is 858. The molecular formula is C20H21N3O2S. The molecule has 0 bridgehead atoms. The lowest BCUT2D eigenvalue weighted by Crippen LogP contribution is -2.00. The first kappa shape index (κ1) is 18.2. The van der Waals surface area contributed by atoms with E-state index in [0.29, 0.717) is 12.2 Å². The zero-order valence-electron chi connectivity index (χ0n) is 14.9. The summed E-state index contributed by atoms with van der Waals surface area (Å²) in [6.07, 6.45) is 1.72. The molecule has 1 aromatic heterocycles. The highest BCUT2D eigenvalue weighted by atomic mass is 32.2. The smallest absolute Gasteiger partial charge is 0.191 e. The Balaban J connectivity index is 1.47. The Hall–Kier alpha value is -2.60. The van der Waals surface area contributed by atoms with E-state index in [1.54, 1.807) is 23.9 Å². The molecule has 0 amide bonds. The van der Waals surface area contributed by atoms with Crippen LogP contribution in [0.4, 0.5) is 0 Å². The van der Waals surface area contributed by atoms with Gasteiger partial charge in [-0.3, -0.25) is 4.79 Å². The van der Waals surface area contributed by atoms with Gasteiger partial charge >= 0.3 is 0 Å². The first-order valence-corrected chi connectivity index (χ1v) is 9.43. The molecule has 5 nitrogen and oxygen atoms in total. The number of thioether (sulfide) groups is 1. The number of carbonyl (C=O) groups is 1. The minimum atomic E-state index is 0.621. The third kappa shape index (κ3) is 4.52. The second-order valence-electron chi connectivity index (χ2n) is 5.97. The average Bonchev–Trinajstić information content (AvgIpc) is 3.03. The first-order chi connectivity index (χ1) is 12.7. The van der Waals surface area contributed by atoms with Crippen LogP contribution in [0.15, 0.2) is 53.7 Å². The van der Waals surface area contributed by atoms with Crippen molar-refractivity contribution in [2.24, 2.45) is 7.05 Å². The molecule has 0 fully saturated rings. The Kier molecular flexibility index (Phi) is 6.07. The molecule has 0 aliphatic heterocycles. The van der Waals surface area contributed by atoms with Crippen molar-refractivity contribution in [1.29, 1.82) is 0 Å². The van der Waals surface area contributed by atoms with E-state index >= 15 is 0 Å².